The van der Waals surface area contributed by atoms with E-state index in [1.54, 1.807) is 4.90 Å². The average Bonchev–Trinajstić information content (AvgIpc) is 2.49. The minimum absolute atomic E-state index is 0.0395. The van der Waals surface area contributed by atoms with Crippen LogP contribution in [-0.2, 0) is 14.3 Å². The molecular weight excluding hydrogens is 270 g/mol. The van der Waals surface area contributed by atoms with Gasteiger partial charge in [0.15, 0.2) is 0 Å². The number of carbonyl (C=O) groups excluding carboxylic acids is 1. The number of carboxylic acid groups (broad SMARTS) is 1. The number of hydrogen-bond acceptors (Lipinski definition) is 3. The number of anilines is 1. The highest BCUT2D eigenvalue weighted by Crippen LogP contribution is 2.20. The molecule has 114 valence electrons. The minimum atomic E-state index is -0.905. The van der Waals surface area contributed by atoms with Crippen LogP contribution in [0.25, 0.3) is 0 Å². The fourth-order valence-electron chi connectivity index (χ4n) is 2.49. The standard InChI is InChI=1S/C16H21NO4/c18-15(12-14-8-4-5-11-21-14)17(10-9-16(19)20)13-6-2-1-3-7-13/h1-3,6-7,14H,4-5,8-12H2,(H,19,20). The molecule has 2 rings (SSSR count). The Hall–Kier alpha value is -1.88. The molecule has 1 atom stereocenters. The fraction of sp³-hybridized carbons (Fsp3) is 0.500. The molecule has 0 saturated carbocycles. The van der Waals surface area contributed by atoms with Crippen molar-refractivity contribution in [1.29, 1.82) is 0 Å². The maximum absolute atomic E-state index is 12.5. The Labute approximate surface area is 124 Å². The second-order valence-corrected chi connectivity index (χ2v) is 5.22. The summed E-state index contributed by atoms with van der Waals surface area (Å²) in [5.41, 5.74) is 0.736. The van der Waals surface area contributed by atoms with Gasteiger partial charge >= 0.3 is 5.97 Å². The van der Waals surface area contributed by atoms with Gasteiger partial charge < -0.3 is 14.7 Å². The molecule has 5 heteroatoms. The number of ether oxygens (including phenoxy) is 1. The minimum Gasteiger partial charge on any atom is -0.481 e. The van der Waals surface area contributed by atoms with E-state index in [2.05, 4.69) is 0 Å². The van der Waals surface area contributed by atoms with Gasteiger partial charge in [-0.15, -0.1) is 0 Å². The summed E-state index contributed by atoms with van der Waals surface area (Å²) in [4.78, 5) is 24.8. The quantitative estimate of drug-likeness (QED) is 0.874. The molecule has 1 aliphatic heterocycles. The maximum atomic E-state index is 12.5. The average molecular weight is 291 g/mol. The van der Waals surface area contributed by atoms with Crippen LogP contribution in [0.3, 0.4) is 0 Å². The van der Waals surface area contributed by atoms with E-state index in [4.69, 9.17) is 9.84 Å². The van der Waals surface area contributed by atoms with Gasteiger partial charge in [-0.1, -0.05) is 18.2 Å². The van der Waals surface area contributed by atoms with Crippen molar-refractivity contribution < 1.29 is 19.4 Å². The van der Waals surface area contributed by atoms with Gasteiger partial charge in [0, 0.05) is 18.8 Å². The second-order valence-electron chi connectivity index (χ2n) is 5.22. The largest absolute Gasteiger partial charge is 0.481 e. The molecule has 0 bridgehead atoms. The number of nitrogens with zero attached hydrogens (tertiary/aromatic N) is 1. The van der Waals surface area contributed by atoms with E-state index in [0.29, 0.717) is 13.0 Å². The van der Waals surface area contributed by atoms with Crippen molar-refractivity contribution in [2.75, 3.05) is 18.1 Å². The second kappa shape index (κ2) is 7.78. The van der Waals surface area contributed by atoms with E-state index in [1.807, 2.05) is 30.3 Å². The number of carboxylic acids is 1. The van der Waals surface area contributed by atoms with Crippen LogP contribution in [0.5, 0.6) is 0 Å². The Morgan fingerprint density at radius 1 is 1.24 bits per heavy atom. The van der Waals surface area contributed by atoms with E-state index in [1.165, 1.54) is 0 Å². The molecule has 1 fully saturated rings. The first kappa shape index (κ1) is 15.5. The predicted molar refractivity (Wildman–Crippen MR) is 79.3 cm³/mol. The summed E-state index contributed by atoms with van der Waals surface area (Å²) in [6.45, 7) is 0.892. The van der Waals surface area contributed by atoms with E-state index >= 15 is 0 Å². The fourth-order valence-corrected chi connectivity index (χ4v) is 2.49. The van der Waals surface area contributed by atoms with Gasteiger partial charge in [0.25, 0.3) is 0 Å². The highest BCUT2D eigenvalue weighted by Gasteiger charge is 2.23. The van der Waals surface area contributed by atoms with Gasteiger partial charge in [-0.2, -0.15) is 0 Å². The third-order valence-electron chi connectivity index (χ3n) is 3.59. The molecular formula is C16H21NO4. The van der Waals surface area contributed by atoms with Gasteiger partial charge in [0.05, 0.1) is 18.9 Å². The first-order valence-electron chi connectivity index (χ1n) is 7.35. The van der Waals surface area contributed by atoms with Crippen LogP contribution in [0.2, 0.25) is 0 Å². The zero-order valence-electron chi connectivity index (χ0n) is 12.0. The highest BCUT2D eigenvalue weighted by atomic mass is 16.5. The van der Waals surface area contributed by atoms with Crippen LogP contribution in [0, 0.1) is 0 Å². The van der Waals surface area contributed by atoms with Crippen molar-refractivity contribution in [2.24, 2.45) is 0 Å². The Kier molecular flexibility index (Phi) is 5.75. The molecule has 1 aromatic carbocycles. The number of hydrogen-bond donors (Lipinski definition) is 1. The summed E-state index contributed by atoms with van der Waals surface area (Å²) in [6, 6.07) is 9.19. The van der Waals surface area contributed by atoms with E-state index in [9.17, 15) is 9.59 Å². The summed E-state index contributed by atoms with van der Waals surface area (Å²) >= 11 is 0. The zero-order valence-corrected chi connectivity index (χ0v) is 12.0. The van der Waals surface area contributed by atoms with Crippen LogP contribution in [-0.4, -0.2) is 36.2 Å². The molecule has 21 heavy (non-hydrogen) atoms. The monoisotopic (exact) mass is 291 g/mol. The maximum Gasteiger partial charge on any atom is 0.305 e. The summed E-state index contributed by atoms with van der Waals surface area (Å²) in [7, 11) is 0. The Bertz CT molecular complexity index is 468. The SMILES string of the molecule is O=C(O)CCN(C(=O)CC1CCCCO1)c1ccccc1. The lowest BCUT2D eigenvalue weighted by Crippen LogP contribution is -2.36. The molecule has 1 amide bonds. The van der Waals surface area contributed by atoms with Crippen molar-refractivity contribution in [3.05, 3.63) is 30.3 Å². The summed E-state index contributed by atoms with van der Waals surface area (Å²) in [5, 5.41) is 8.85. The predicted octanol–water partition coefficient (Wildman–Crippen LogP) is 2.45. The molecule has 1 N–H and O–H groups in total. The van der Waals surface area contributed by atoms with Gasteiger partial charge in [-0.3, -0.25) is 9.59 Å². The molecule has 1 aliphatic rings. The third kappa shape index (κ3) is 4.86. The number of aliphatic carboxylic acids is 1. The van der Waals surface area contributed by atoms with Crippen LogP contribution in [0.4, 0.5) is 5.69 Å². The lowest BCUT2D eigenvalue weighted by Gasteiger charge is -2.27. The van der Waals surface area contributed by atoms with E-state index in [0.717, 1.165) is 24.9 Å². The molecule has 0 aromatic heterocycles. The van der Waals surface area contributed by atoms with Crippen molar-refractivity contribution in [3.8, 4) is 0 Å². The van der Waals surface area contributed by atoms with Crippen molar-refractivity contribution in [1.82, 2.24) is 0 Å². The highest BCUT2D eigenvalue weighted by molar-refractivity contribution is 5.94. The van der Waals surface area contributed by atoms with Crippen LogP contribution in [0.1, 0.15) is 32.1 Å². The summed E-state index contributed by atoms with van der Waals surface area (Å²) < 4.78 is 5.60. The smallest absolute Gasteiger partial charge is 0.305 e. The number of para-hydroxylation sites is 1. The summed E-state index contributed by atoms with van der Waals surface area (Å²) in [5.74, 6) is -0.980. The van der Waals surface area contributed by atoms with Gasteiger partial charge in [0.1, 0.15) is 0 Å². The Morgan fingerprint density at radius 2 is 2.00 bits per heavy atom. The van der Waals surface area contributed by atoms with Crippen molar-refractivity contribution in [2.45, 2.75) is 38.2 Å². The first-order valence-corrected chi connectivity index (χ1v) is 7.35. The lowest BCUT2D eigenvalue weighted by atomic mass is 10.1. The molecule has 1 unspecified atom stereocenters. The molecule has 0 aliphatic carbocycles. The van der Waals surface area contributed by atoms with Gasteiger partial charge in [0.2, 0.25) is 5.91 Å². The Balaban J connectivity index is 2.02. The number of rotatable bonds is 6. The summed E-state index contributed by atoms with van der Waals surface area (Å²) in [6.07, 6.45) is 3.24. The topological polar surface area (TPSA) is 66.8 Å². The number of amides is 1. The van der Waals surface area contributed by atoms with Crippen molar-refractivity contribution >= 4 is 17.6 Å². The number of benzene rings is 1. The van der Waals surface area contributed by atoms with E-state index in [-0.39, 0.29) is 25.0 Å². The Morgan fingerprint density at radius 3 is 2.62 bits per heavy atom. The lowest BCUT2D eigenvalue weighted by molar-refractivity contribution is -0.136. The molecule has 1 saturated heterocycles. The molecule has 0 spiro atoms. The molecule has 1 aromatic rings. The number of carbonyl (C=O) groups is 2. The van der Waals surface area contributed by atoms with Crippen LogP contribution < -0.4 is 4.90 Å². The van der Waals surface area contributed by atoms with Gasteiger partial charge in [-0.05, 0) is 31.4 Å². The van der Waals surface area contributed by atoms with E-state index < -0.39 is 5.97 Å². The van der Waals surface area contributed by atoms with Crippen molar-refractivity contribution in [3.63, 3.8) is 0 Å². The molecule has 0 radical (unpaired) electrons. The van der Waals surface area contributed by atoms with Crippen LogP contribution >= 0.6 is 0 Å². The van der Waals surface area contributed by atoms with Crippen LogP contribution in [0.15, 0.2) is 30.3 Å². The zero-order chi connectivity index (χ0) is 15.1. The normalized spacial score (nSPS) is 18.2. The molecule has 5 nitrogen and oxygen atoms in total. The molecule has 1 heterocycles. The third-order valence-corrected chi connectivity index (χ3v) is 3.59. The first-order chi connectivity index (χ1) is 10.2. The van der Waals surface area contributed by atoms with Gasteiger partial charge in [-0.25, -0.2) is 0 Å².